The van der Waals surface area contributed by atoms with Gasteiger partial charge in [-0.3, -0.25) is 4.40 Å². The van der Waals surface area contributed by atoms with Crippen LogP contribution in [0.15, 0.2) is 52.8 Å². The van der Waals surface area contributed by atoms with Crippen molar-refractivity contribution in [1.82, 2.24) is 24.3 Å². The van der Waals surface area contributed by atoms with Crippen LogP contribution in [0.25, 0.3) is 5.65 Å². The van der Waals surface area contributed by atoms with E-state index in [9.17, 15) is 0 Å². The summed E-state index contributed by atoms with van der Waals surface area (Å²) >= 11 is 14.4. The van der Waals surface area contributed by atoms with Gasteiger partial charge in [-0.1, -0.05) is 35.0 Å². The summed E-state index contributed by atoms with van der Waals surface area (Å²) in [6.45, 7) is 5.33. The molecule has 1 spiro atoms. The molecule has 0 aliphatic carbocycles. The van der Waals surface area contributed by atoms with Crippen LogP contribution in [0.5, 0.6) is 0 Å². The zero-order valence-corrected chi connectivity index (χ0v) is 22.6. The molecule has 2 fully saturated rings. The van der Waals surface area contributed by atoms with E-state index in [2.05, 4.69) is 24.8 Å². The number of rotatable bonds is 4. The van der Waals surface area contributed by atoms with E-state index in [-0.39, 0.29) is 11.5 Å². The summed E-state index contributed by atoms with van der Waals surface area (Å²) in [7, 11) is 0. The highest BCUT2D eigenvalue weighted by molar-refractivity contribution is 7.99. The normalized spacial score (nSPS) is 19.3. The van der Waals surface area contributed by atoms with Gasteiger partial charge in [-0.05, 0) is 38.0 Å². The van der Waals surface area contributed by atoms with Crippen LogP contribution in [0.1, 0.15) is 18.4 Å². The van der Waals surface area contributed by atoms with Crippen molar-refractivity contribution < 1.29 is 0 Å². The van der Waals surface area contributed by atoms with E-state index in [1.54, 1.807) is 18.6 Å². The van der Waals surface area contributed by atoms with Crippen LogP contribution < -0.4 is 21.3 Å². The number of piperidine rings is 1. The number of nitrogens with zero attached hydrogens (tertiary/aromatic N) is 7. The third kappa shape index (κ3) is 4.35. The molecule has 192 valence electrons. The molecule has 2 saturated heterocycles. The monoisotopic (exact) mass is 555 g/mol. The first-order valence-electron chi connectivity index (χ1n) is 12.1. The van der Waals surface area contributed by atoms with Crippen LogP contribution >= 0.6 is 35.0 Å². The van der Waals surface area contributed by atoms with Gasteiger partial charge < -0.3 is 21.3 Å². The van der Waals surface area contributed by atoms with Gasteiger partial charge in [-0.25, -0.2) is 19.9 Å². The Morgan fingerprint density at radius 1 is 1.05 bits per heavy atom. The van der Waals surface area contributed by atoms with Crippen molar-refractivity contribution in [3.63, 3.8) is 0 Å². The summed E-state index contributed by atoms with van der Waals surface area (Å²) in [5.74, 6) is 1.30. The number of fused-ring (bicyclic) bond motifs is 1. The molecule has 0 aromatic carbocycles. The first kappa shape index (κ1) is 24.5. The lowest BCUT2D eigenvalue weighted by atomic mass is 9.75. The highest BCUT2D eigenvalue weighted by atomic mass is 35.5. The fraction of sp³-hybridized carbons (Fsp3) is 0.360. The first-order chi connectivity index (χ1) is 17.8. The predicted molar refractivity (Wildman–Crippen MR) is 149 cm³/mol. The third-order valence-electron chi connectivity index (χ3n) is 7.68. The smallest absolute Gasteiger partial charge is 0.212 e. The summed E-state index contributed by atoms with van der Waals surface area (Å²) in [6.07, 6.45) is 9.09. The molecule has 9 nitrogen and oxygen atoms in total. The van der Waals surface area contributed by atoms with E-state index < -0.39 is 0 Å². The lowest BCUT2D eigenvalue weighted by Crippen LogP contribution is -2.49. The number of aromatic nitrogens is 5. The van der Waals surface area contributed by atoms with Crippen LogP contribution in [0.3, 0.4) is 0 Å². The number of nitrogens with two attached hydrogens (primary N) is 2. The maximum atomic E-state index is 6.77. The SMILES string of the molecule is Cc1c(Sc2c(Cl)nc(N3CCC4(CC3)CN(c3ccnc(Cl)c3)C[C@H]4N)n3ccnc23)ccnc1N. The zero-order valence-electron chi connectivity index (χ0n) is 20.3. The van der Waals surface area contributed by atoms with E-state index in [0.29, 0.717) is 16.1 Å². The summed E-state index contributed by atoms with van der Waals surface area (Å²) in [6, 6.07) is 5.92. The van der Waals surface area contributed by atoms with Gasteiger partial charge in [0, 0.05) is 78.6 Å². The summed E-state index contributed by atoms with van der Waals surface area (Å²) in [5, 5.41) is 0.922. The molecule has 0 amide bonds. The van der Waals surface area contributed by atoms with Crippen molar-refractivity contribution in [2.75, 3.05) is 41.7 Å². The second-order valence-corrected chi connectivity index (χ2v) is 11.5. The Morgan fingerprint density at radius 2 is 1.84 bits per heavy atom. The van der Waals surface area contributed by atoms with Gasteiger partial charge in [0.05, 0.1) is 4.90 Å². The Hall–Kier alpha value is -2.79. The number of pyridine rings is 2. The number of nitrogen functional groups attached to an aromatic ring is 1. The topological polar surface area (TPSA) is 114 Å². The molecule has 2 aliphatic heterocycles. The molecule has 0 unspecified atom stereocenters. The van der Waals surface area contributed by atoms with Gasteiger partial charge in [0.25, 0.3) is 0 Å². The van der Waals surface area contributed by atoms with Crippen LogP contribution in [-0.4, -0.2) is 56.6 Å². The van der Waals surface area contributed by atoms with Gasteiger partial charge in [0.1, 0.15) is 11.0 Å². The Balaban J connectivity index is 1.24. The number of hydrogen-bond donors (Lipinski definition) is 2. The van der Waals surface area contributed by atoms with Gasteiger partial charge in [-0.2, -0.15) is 0 Å². The lowest BCUT2D eigenvalue weighted by molar-refractivity contribution is 0.219. The number of halogens is 2. The van der Waals surface area contributed by atoms with Gasteiger partial charge >= 0.3 is 0 Å². The minimum Gasteiger partial charge on any atom is -0.383 e. The van der Waals surface area contributed by atoms with Crippen molar-refractivity contribution in [2.24, 2.45) is 11.1 Å². The second kappa shape index (κ2) is 9.50. The van der Waals surface area contributed by atoms with E-state index >= 15 is 0 Å². The van der Waals surface area contributed by atoms with Crippen molar-refractivity contribution >= 4 is 58.1 Å². The average molecular weight is 557 g/mol. The molecule has 6 heterocycles. The van der Waals surface area contributed by atoms with E-state index in [1.807, 2.05) is 35.7 Å². The molecular weight excluding hydrogens is 529 g/mol. The molecule has 2 aliphatic rings. The number of hydrogen-bond acceptors (Lipinski definition) is 9. The predicted octanol–water partition coefficient (Wildman–Crippen LogP) is 4.30. The van der Waals surface area contributed by atoms with Gasteiger partial charge in [0.2, 0.25) is 5.95 Å². The highest BCUT2D eigenvalue weighted by Gasteiger charge is 2.47. The molecule has 37 heavy (non-hydrogen) atoms. The molecule has 12 heteroatoms. The molecular formula is C25H27Cl2N9S. The minimum atomic E-state index is 0.0404. The largest absolute Gasteiger partial charge is 0.383 e. The van der Waals surface area contributed by atoms with Gasteiger partial charge in [0.15, 0.2) is 10.8 Å². The third-order valence-corrected chi connectivity index (χ3v) is 9.51. The Morgan fingerprint density at radius 3 is 2.62 bits per heavy atom. The Kier molecular flexibility index (Phi) is 6.30. The minimum absolute atomic E-state index is 0.0404. The highest BCUT2D eigenvalue weighted by Crippen LogP contribution is 2.43. The van der Waals surface area contributed by atoms with Crippen LogP contribution in [0.4, 0.5) is 17.5 Å². The van der Waals surface area contributed by atoms with Gasteiger partial charge in [-0.15, -0.1) is 0 Å². The molecule has 6 rings (SSSR count). The Labute approximate surface area is 229 Å². The maximum absolute atomic E-state index is 6.77. The zero-order chi connectivity index (χ0) is 25.7. The quantitative estimate of drug-likeness (QED) is 0.281. The van der Waals surface area contributed by atoms with E-state index in [4.69, 9.17) is 39.7 Å². The summed E-state index contributed by atoms with van der Waals surface area (Å²) < 4.78 is 2.02. The summed E-state index contributed by atoms with van der Waals surface area (Å²) in [5.41, 5.74) is 15.5. The summed E-state index contributed by atoms with van der Waals surface area (Å²) in [4.78, 5) is 24.1. The number of anilines is 3. The molecule has 1 atom stereocenters. The maximum Gasteiger partial charge on any atom is 0.212 e. The molecule has 0 saturated carbocycles. The first-order valence-corrected chi connectivity index (χ1v) is 13.7. The van der Waals surface area contributed by atoms with E-state index in [1.165, 1.54) is 11.8 Å². The van der Waals surface area contributed by atoms with E-state index in [0.717, 1.165) is 71.7 Å². The molecule has 0 radical (unpaired) electrons. The van der Waals surface area contributed by atoms with Crippen LogP contribution in [-0.2, 0) is 0 Å². The fourth-order valence-corrected chi connectivity index (χ4v) is 6.86. The second-order valence-electron chi connectivity index (χ2n) is 9.75. The van der Waals surface area contributed by atoms with Crippen molar-refractivity contribution in [1.29, 1.82) is 0 Å². The molecule has 4 aromatic heterocycles. The number of imidazole rings is 1. The van der Waals surface area contributed by atoms with Crippen LogP contribution in [0.2, 0.25) is 10.3 Å². The van der Waals surface area contributed by atoms with Crippen LogP contribution in [0, 0.1) is 12.3 Å². The van der Waals surface area contributed by atoms with Crippen molar-refractivity contribution in [3.8, 4) is 0 Å². The van der Waals surface area contributed by atoms with Crippen molar-refractivity contribution in [3.05, 3.63) is 58.9 Å². The molecule has 4 aromatic rings. The average Bonchev–Trinajstić information content (AvgIpc) is 3.49. The van der Waals surface area contributed by atoms with Crippen molar-refractivity contribution in [2.45, 2.75) is 35.6 Å². The molecule has 4 N–H and O–H groups in total. The molecule has 0 bridgehead atoms. The Bertz CT molecular complexity index is 1470. The lowest BCUT2D eigenvalue weighted by Gasteiger charge is -2.42. The fourth-order valence-electron chi connectivity index (χ4n) is 5.44. The standard InChI is InChI=1S/C25H27Cl2N9S/c1-15-17(3-7-31-22(15)29)37-20-21(27)33-24(36-11-8-32-23(20)36)34-9-4-25(5-10-34)14-35(13-18(25)28)16-2-6-30-19(26)12-16/h2-3,6-8,11-12,18H,4-5,9-10,13-14,28H2,1H3,(H2,29,31)/t18-/m1/s1.